The topological polar surface area (TPSA) is 63.1 Å². The van der Waals surface area contributed by atoms with E-state index in [4.69, 9.17) is 4.74 Å². The number of ether oxygens (including phenoxy) is 1. The number of carbonyl (C=O) groups excluding carboxylic acids is 2. The molecule has 2 heterocycles. The highest BCUT2D eigenvalue weighted by Crippen LogP contribution is 2.15. The molecule has 0 aromatic heterocycles. The molecule has 2 N–H and O–H groups in total. The number of nitrogens with zero attached hydrogens (tertiary/aromatic N) is 1. The van der Waals surface area contributed by atoms with Crippen molar-refractivity contribution >= 4 is 17.5 Å². The van der Waals surface area contributed by atoms with E-state index in [1.54, 1.807) is 0 Å². The quantitative estimate of drug-likeness (QED) is 0.795. The van der Waals surface area contributed by atoms with E-state index in [0.717, 1.165) is 43.6 Å². The molecule has 2 amide bonds. The van der Waals surface area contributed by atoms with Gasteiger partial charge in [0.05, 0.1) is 26.2 Å². The predicted octanol–water partition coefficient (Wildman–Crippen LogP) is 0.0936. The molecule has 1 atom stereocenters. The van der Waals surface area contributed by atoms with Crippen LogP contribution in [0.2, 0.25) is 0 Å². The summed E-state index contributed by atoms with van der Waals surface area (Å²) < 4.78 is 5.49. The van der Waals surface area contributed by atoms with Gasteiger partial charge in [-0.25, -0.2) is 0 Å². The number of para-hydroxylation sites is 1. The fraction of sp³-hybridized carbons (Fsp3) is 0.579. The second kappa shape index (κ2) is 8.45. The van der Waals surface area contributed by atoms with Gasteiger partial charge in [0.1, 0.15) is 6.10 Å². The first-order chi connectivity index (χ1) is 12.2. The highest BCUT2D eigenvalue weighted by Gasteiger charge is 2.32. The van der Waals surface area contributed by atoms with Crippen molar-refractivity contribution in [1.29, 1.82) is 0 Å². The predicted molar refractivity (Wildman–Crippen MR) is 95.6 cm³/mol. The average Bonchev–Trinajstić information content (AvgIpc) is 3.17. The summed E-state index contributed by atoms with van der Waals surface area (Å²) in [5.74, 6) is 0.160. The zero-order valence-electron chi connectivity index (χ0n) is 14.9. The number of benzene rings is 1. The van der Waals surface area contributed by atoms with Gasteiger partial charge in [0, 0.05) is 12.3 Å². The standard InChI is InChI=1S/C19H27N3O3/c1-2-15-6-3-4-7-16(15)20-18(23)14-21-9-11-22(12-10-21)19(24)17-8-5-13-25-17/h3-4,6-7,17H,2,5,8-14H2,1H3,(H,20,23)/p+1/t17-/m1/s1. The van der Waals surface area contributed by atoms with Crippen molar-refractivity contribution in [2.45, 2.75) is 32.3 Å². The van der Waals surface area contributed by atoms with Gasteiger partial charge in [-0.15, -0.1) is 0 Å². The third-order valence-corrected chi connectivity index (χ3v) is 5.07. The maximum atomic E-state index is 12.4. The first-order valence-electron chi connectivity index (χ1n) is 9.29. The molecule has 0 aliphatic carbocycles. The van der Waals surface area contributed by atoms with E-state index in [1.807, 2.05) is 29.2 Å². The van der Waals surface area contributed by atoms with Gasteiger partial charge in [-0.1, -0.05) is 25.1 Å². The molecule has 136 valence electrons. The van der Waals surface area contributed by atoms with E-state index in [9.17, 15) is 9.59 Å². The van der Waals surface area contributed by atoms with E-state index in [0.29, 0.717) is 26.2 Å². The van der Waals surface area contributed by atoms with Crippen molar-refractivity contribution in [3.05, 3.63) is 29.8 Å². The van der Waals surface area contributed by atoms with Crippen molar-refractivity contribution in [3.63, 3.8) is 0 Å². The van der Waals surface area contributed by atoms with Crippen molar-refractivity contribution in [2.75, 3.05) is 44.6 Å². The van der Waals surface area contributed by atoms with Crippen LogP contribution >= 0.6 is 0 Å². The van der Waals surface area contributed by atoms with Gasteiger partial charge >= 0.3 is 0 Å². The summed E-state index contributed by atoms with van der Waals surface area (Å²) in [6, 6.07) is 7.92. The highest BCUT2D eigenvalue weighted by molar-refractivity contribution is 5.92. The van der Waals surface area contributed by atoms with Gasteiger partial charge in [-0.05, 0) is 30.9 Å². The Bertz CT molecular complexity index is 606. The van der Waals surface area contributed by atoms with Gasteiger partial charge in [-0.3, -0.25) is 9.59 Å². The third-order valence-electron chi connectivity index (χ3n) is 5.07. The summed E-state index contributed by atoms with van der Waals surface area (Å²) >= 11 is 0. The third kappa shape index (κ3) is 4.58. The maximum absolute atomic E-state index is 12.4. The number of quaternary nitrogens is 1. The van der Waals surface area contributed by atoms with Gasteiger partial charge in [0.2, 0.25) is 0 Å². The molecular formula is C19H28N3O3+. The highest BCUT2D eigenvalue weighted by atomic mass is 16.5. The van der Waals surface area contributed by atoms with Crippen LogP contribution in [0.5, 0.6) is 0 Å². The fourth-order valence-electron chi connectivity index (χ4n) is 3.57. The van der Waals surface area contributed by atoms with Gasteiger partial charge in [-0.2, -0.15) is 0 Å². The van der Waals surface area contributed by atoms with E-state index in [2.05, 4.69) is 12.2 Å². The number of anilines is 1. The average molecular weight is 346 g/mol. The second-order valence-corrected chi connectivity index (χ2v) is 6.81. The Hall–Kier alpha value is -1.92. The Balaban J connectivity index is 1.45. The molecule has 1 aromatic carbocycles. The lowest BCUT2D eigenvalue weighted by molar-refractivity contribution is -0.895. The summed E-state index contributed by atoms with van der Waals surface area (Å²) in [5.41, 5.74) is 2.06. The van der Waals surface area contributed by atoms with Crippen molar-refractivity contribution in [1.82, 2.24) is 4.90 Å². The molecule has 0 saturated carbocycles. The Labute approximate surface area is 149 Å². The molecule has 0 spiro atoms. The molecule has 2 aliphatic heterocycles. The minimum atomic E-state index is -0.240. The molecule has 25 heavy (non-hydrogen) atoms. The number of carbonyl (C=O) groups is 2. The normalized spacial score (nSPS) is 21.3. The van der Waals surface area contributed by atoms with Crippen LogP contribution in [0, 0.1) is 0 Å². The summed E-state index contributed by atoms with van der Waals surface area (Å²) in [6.45, 7) is 6.24. The van der Waals surface area contributed by atoms with E-state index < -0.39 is 0 Å². The first-order valence-corrected chi connectivity index (χ1v) is 9.29. The lowest BCUT2D eigenvalue weighted by Crippen LogP contribution is -3.15. The second-order valence-electron chi connectivity index (χ2n) is 6.81. The number of nitrogens with one attached hydrogen (secondary N) is 2. The Morgan fingerprint density at radius 1 is 1.28 bits per heavy atom. The Morgan fingerprint density at radius 2 is 2.04 bits per heavy atom. The number of piperazine rings is 1. The van der Waals surface area contributed by atoms with Crippen LogP contribution in [0.3, 0.4) is 0 Å². The van der Waals surface area contributed by atoms with Crippen molar-refractivity contribution in [2.24, 2.45) is 0 Å². The lowest BCUT2D eigenvalue weighted by Gasteiger charge is -2.33. The largest absolute Gasteiger partial charge is 0.368 e. The zero-order chi connectivity index (χ0) is 17.6. The molecule has 3 rings (SSSR count). The SMILES string of the molecule is CCc1ccccc1NC(=O)C[NH+]1CCN(C(=O)[C@H]2CCCO2)CC1. The summed E-state index contributed by atoms with van der Waals surface area (Å²) in [6.07, 6.45) is 2.47. The molecule has 2 fully saturated rings. The van der Waals surface area contributed by atoms with Crippen LogP contribution in [0.1, 0.15) is 25.3 Å². The monoisotopic (exact) mass is 346 g/mol. The molecule has 0 radical (unpaired) electrons. The van der Waals surface area contributed by atoms with Crippen molar-refractivity contribution < 1.29 is 19.2 Å². The lowest BCUT2D eigenvalue weighted by atomic mass is 10.1. The summed E-state index contributed by atoms with van der Waals surface area (Å²) in [5, 5.41) is 3.03. The number of aryl methyl sites for hydroxylation is 1. The van der Waals surface area contributed by atoms with Gasteiger partial charge < -0.3 is 19.9 Å². The number of hydrogen-bond donors (Lipinski definition) is 2. The zero-order valence-corrected chi connectivity index (χ0v) is 14.9. The Morgan fingerprint density at radius 3 is 2.72 bits per heavy atom. The van der Waals surface area contributed by atoms with Crippen LogP contribution in [0.25, 0.3) is 0 Å². The maximum Gasteiger partial charge on any atom is 0.279 e. The van der Waals surface area contributed by atoms with Gasteiger partial charge in [0.25, 0.3) is 11.8 Å². The molecule has 2 aliphatic rings. The van der Waals surface area contributed by atoms with Gasteiger partial charge in [0.15, 0.2) is 6.54 Å². The van der Waals surface area contributed by atoms with E-state index >= 15 is 0 Å². The molecule has 1 aromatic rings. The Kier molecular flexibility index (Phi) is 6.04. The minimum absolute atomic E-state index is 0.0369. The van der Waals surface area contributed by atoms with Crippen molar-refractivity contribution in [3.8, 4) is 0 Å². The molecule has 6 heteroatoms. The smallest absolute Gasteiger partial charge is 0.279 e. The van der Waals surface area contributed by atoms with Crippen LogP contribution in [0.4, 0.5) is 5.69 Å². The summed E-state index contributed by atoms with van der Waals surface area (Å²) in [7, 11) is 0. The minimum Gasteiger partial charge on any atom is -0.368 e. The fourth-order valence-corrected chi connectivity index (χ4v) is 3.57. The molecule has 6 nitrogen and oxygen atoms in total. The number of amides is 2. The first kappa shape index (κ1) is 17.9. The molecule has 2 saturated heterocycles. The molecule has 0 unspecified atom stereocenters. The molecule has 0 bridgehead atoms. The summed E-state index contributed by atoms with van der Waals surface area (Å²) in [4.78, 5) is 27.8. The molecular weight excluding hydrogens is 318 g/mol. The number of hydrogen-bond acceptors (Lipinski definition) is 3. The van der Waals surface area contributed by atoms with E-state index in [1.165, 1.54) is 4.90 Å². The van der Waals surface area contributed by atoms with Crippen LogP contribution in [0.15, 0.2) is 24.3 Å². The number of rotatable bonds is 5. The van der Waals surface area contributed by atoms with Crippen LogP contribution in [-0.4, -0.2) is 62.1 Å². The van der Waals surface area contributed by atoms with Crippen LogP contribution in [-0.2, 0) is 20.7 Å². The van der Waals surface area contributed by atoms with Crippen LogP contribution < -0.4 is 10.2 Å². The van der Waals surface area contributed by atoms with E-state index in [-0.39, 0.29) is 17.9 Å².